The van der Waals surface area contributed by atoms with Gasteiger partial charge in [-0.15, -0.1) is 0 Å². The molecule has 1 amide bonds. The second-order valence-electron chi connectivity index (χ2n) is 3.92. The van der Waals surface area contributed by atoms with Crippen LogP contribution in [0.4, 0.5) is 18.9 Å². The molecule has 1 aromatic rings. The van der Waals surface area contributed by atoms with Gasteiger partial charge < -0.3 is 4.90 Å². The second-order valence-corrected chi connectivity index (χ2v) is 4.84. The normalized spacial score (nSPS) is 17.2. The number of carbonyl (C=O) groups excluding carboxylic acids is 1. The van der Waals surface area contributed by atoms with Crippen LogP contribution in [-0.4, -0.2) is 19.1 Å². The lowest BCUT2D eigenvalue weighted by molar-refractivity contribution is -0.128. The lowest BCUT2D eigenvalue weighted by Gasteiger charge is -2.16. The second kappa shape index (κ2) is 4.01. The third kappa shape index (κ3) is 2.18. The van der Waals surface area contributed by atoms with Gasteiger partial charge in [0.05, 0.1) is 6.42 Å². The Morgan fingerprint density at radius 1 is 1.41 bits per heavy atom. The molecule has 0 bridgehead atoms. The van der Waals surface area contributed by atoms with E-state index >= 15 is 0 Å². The van der Waals surface area contributed by atoms with Crippen molar-refractivity contribution in [3.8, 4) is 0 Å². The lowest BCUT2D eigenvalue weighted by Crippen LogP contribution is -2.20. The average Bonchev–Trinajstić information content (AvgIpc) is 2.52. The fourth-order valence-electron chi connectivity index (χ4n) is 1.84. The molecule has 1 atom stereocenters. The molecule has 0 N–H and O–H groups in total. The molecule has 0 aromatic heterocycles. The minimum absolute atomic E-state index is 0.102. The quantitative estimate of drug-likeness (QED) is 0.730. The average molecular weight is 308 g/mol. The van der Waals surface area contributed by atoms with E-state index in [9.17, 15) is 18.0 Å². The third-order valence-electron chi connectivity index (χ3n) is 2.76. The van der Waals surface area contributed by atoms with Gasteiger partial charge in [-0.1, -0.05) is 28.1 Å². The van der Waals surface area contributed by atoms with Crippen LogP contribution >= 0.6 is 15.9 Å². The van der Waals surface area contributed by atoms with Crippen molar-refractivity contribution in [1.29, 1.82) is 0 Å². The molecule has 0 saturated heterocycles. The SMILES string of the molecule is CN1C(=O)Cc2cc(C(Br)C(F)(F)F)ccc21. The number of amides is 1. The molecule has 1 aromatic carbocycles. The van der Waals surface area contributed by atoms with Crippen LogP contribution in [0.15, 0.2) is 18.2 Å². The van der Waals surface area contributed by atoms with Gasteiger partial charge in [-0.25, -0.2) is 0 Å². The van der Waals surface area contributed by atoms with Crippen LogP contribution in [0.5, 0.6) is 0 Å². The molecular weight excluding hydrogens is 299 g/mol. The smallest absolute Gasteiger partial charge is 0.315 e. The van der Waals surface area contributed by atoms with Gasteiger partial charge in [0.1, 0.15) is 4.83 Å². The zero-order chi connectivity index (χ0) is 12.8. The van der Waals surface area contributed by atoms with Crippen LogP contribution in [0.25, 0.3) is 0 Å². The first kappa shape index (κ1) is 12.4. The van der Waals surface area contributed by atoms with E-state index in [2.05, 4.69) is 15.9 Å². The topological polar surface area (TPSA) is 20.3 Å². The van der Waals surface area contributed by atoms with Crippen molar-refractivity contribution in [2.45, 2.75) is 17.4 Å². The minimum Gasteiger partial charge on any atom is -0.315 e. The molecular formula is C11H9BrF3NO. The van der Waals surface area contributed by atoms with Crippen molar-refractivity contribution in [3.05, 3.63) is 29.3 Å². The first-order chi connectivity index (χ1) is 7.80. The van der Waals surface area contributed by atoms with Crippen LogP contribution in [0.2, 0.25) is 0 Å². The highest BCUT2D eigenvalue weighted by molar-refractivity contribution is 9.09. The van der Waals surface area contributed by atoms with E-state index in [1.807, 2.05) is 0 Å². The maximum absolute atomic E-state index is 12.5. The largest absolute Gasteiger partial charge is 0.405 e. The maximum atomic E-state index is 12.5. The number of likely N-dealkylation sites (N-methyl/N-ethyl adjacent to an activating group) is 1. The summed E-state index contributed by atoms with van der Waals surface area (Å²) in [5, 5.41) is 0. The molecule has 1 unspecified atom stereocenters. The summed E-state index contributed by atoms with van der Waals surface area (Å²) in [6.45, 7) is 0. The molecule has 0 radical (unpaired) electrons. The van der Waals surface area contributed by atoms with Crippen LogP contribution in [-0.2, 0) is 11.2 Å². The van der Waals surface area contributed by atoms with Crippen molar-refractivity contribution < 1.29 is 18.0 Å². The minimum atomic E-state index is -4.33. The summed E-state index contributed by atoms with van der Waals surface area (Å²) >= 11 is 2.62. The summed E-state index contributed by atoms with van der Waals surface area (Å²) in [5.74, 6) is -0.102. The highest BCUT2D eigenvalue weighted by Gasteiger charge is 2.39. The number of nitrogens with zero attached hydrogens (tertiary/aromatic N) is 1. The Kier molecular flexibility index (Phi) is 2.93. The molecule has 0 aliphatic carbocycles. The lowest BCUT2D eigenvalue weighted by atomic mass is 10.1. The van der Waals surface area contributed by atoms with E-state index in [-0.39, 0.29) is 17.9 Å². The van der Waals surface area contributed by atoms with E-state index in [4.69, 9.17) is 0 Å². The van der Waals surface area contributed by atoms with Crippen molar-refractivity contribution in [1.82, 2.24) is 0 Å². The monoisotopic (exact) mass is 307 g/mol. The zero-order valence-electron chi connectivity index (χ0n) is 8.88. The van der Waals surface area contributed by atoms with Crippen molar-refractivity contribution in [3.63, 3.8) is 0 Å². The number of halogens is 4. The summed E-state index contributed by atoms with van der Waals surface area (Å²) in [4.78, 5) is 11.2. The van der Waals surface area contributed by atoms with Crippen LogP contribution in [0, 0.1) is 0 Å². The molecule has 1 aliphatic rings. The summed E-state index contributed by atoms with van der Waals surface area (Å²) in [6, 6.07) is 4.38. The molecule has 6 heteroatoms. The number of fused-ring (bicyclic) bond motifs is 1. The summed E-state index contributed by atoms with van der Waals surface area (Å²) in [5.41, 5.74) is 1.45. The Morgan fingerprint density at radius 2 is 2.06 bits per heavy atom. The van der Waals surface area contributed by atoms with Gasteiger partial charge in [0.25, 0.3) is 0 Å². The van der Waals surface area contributed by atoms with Crippen LogP contribution in [0.1, 0.15) is 16.0 Å². The van der Waals surface area contributed by atoms with Gasteiger partial charge in [0, 0.05) is 12.7 Å². The number of anilines is 1. The Balaban J connectivity index is 2.37. The Hall–Kier alpha value is -1.04. The van der Waals surface area contributed by atoms with Crippen LogP contribution < -0.4 is 4.90 Å². The van der Waals surface area contributed by atoms with Crippen molar-refractivity contribution in [2.24, 2.45) is 0 Å². The van der Waals surface area contributed by atoms with Gasteiger partial charge in [-0.3, -0.25) is 4.79 Å². The molecule has 0 fully saturated rings. The number of hydrogen-bond donors (Lipinski definition) is 0. The molecule has 0 spiro atoms. The molecule has 1 heterocycles. The first-order valence-corrected chi connectivity index (χ1v) is 5.82. The Labute approximate surface area is 105 Å². The van der Waals surface area contributed by atoms with Gasteiger partial charge >= 0.3 is 6.18 Å². The molecule has 17 heavy (non-hydrogen) atoms. The highest BCUT2D eigenvalue weighted by Crippen LogP contribution is 2.41. The van der Waals surface area contributed by atoms with E-state index in [0.29, 0.717) is 11.3 Å². The van der Waals surface area contributed by atoms with E-state index in [0.717, 1.165) is 0 Å². The fraction of sp³-hybridized carbons (Fsp3) is 0.364. The molecule has 92 valence electrons. The predicted octanol–water partition coefficient (Wildman–Crippen LogP) is 3.20. The van der Waals surface area contributed by atoms with Crippen molar-refractivity contribution >= 4 is 27.5 Å². The number of benzene rings is 1. The Morgan fingerprint density at radius 3 is 2.65 bits per heavy atom. The predicted molar refractivity (Wildman–Crippen MR) is 61.3 cm³/mol. The summed E-state index contributed by atoms with van der Waals surface area (Å²) in [6.07, 6.45) is -4.17. The zero-order valence-corrected chi connectivity index (χ0v) is 10.5. The highest BCUT2D eigenvalue weighted by atomic mass is 79.9. The van der Waals surface area contributed by atoms with E-state index < -0.39 is 11.0 Å². The molecule has 2 nitrogen and oxygen atoms in total. The van der Waals surface area contributed by atoms with E-state index in [1.54, 1.807) is 13.1 Å². The van der Waals surface area contributed by atoms with E-state index in [1.165, 1.54) is 17.0 Å². The maximum Gasteiger partial charge on any atom is 0.405 e. The molecule has 0 saturated carbocycles. The standard InChI is InChI=1S/C11H9BrF3NO/c1-16-8-3-2-6(10(12)11(13,14)15)4-7(8)5-9(16)17/h2-4,10H,5H2,1H3. The summed E-state index contributed by atoms with van der Waals surface area (Å²) in [7, 11) is 1.61. The van der Waals surface area contributed by atoms with Crippen LogP contribution in [0.3, 0.4) is 0 Å². The van der Waals surface area contributed by atoms with Gasteiger partial charge in [0.2, 0.25) is 5.91 Å². The Bertz CT molecular complexity index is 472. The first-order valence-electron chi connectivity index (χ1n) is 4.91. The number of rotatable bonds is 1. The fourth-order valence-corrected chi connectivity index (χ4v) is 2.12. The third-order valence-corrected chi connectivity index (χ3v) is 3.81. The molecule has 2 rings (SSSR count). The number of hydrogen-bond acceptors (Lipinski definition) is 1. The van der Waals surface area contributed by atoms with Gasteiger partial charge in [-0.05, 0) is 17.2 Å². The van der Waals surface area contributed by atoms with Gasteiger partial charge in [0.15, 0.2) is 0 Å². The summed E-state index contributed by atoms with van der Waals surface area (Å²) < 4.78 is 37.5. The van der Waals surface area contributed by atoms with Gasteiger partial charge in [-0.2, -0.15) is 13.2 Å². The number of alkyl halides is 4. The number of carbonyl (C=O) groups is 1. The molecule has 1 aliphatic heterocycles. The van der Waals surface area contributed by atoms with Crippen molar-refractivity contribution in [2.75, 3.05) is 11.9 Å².